The van der Waals surface area contributed by atoms with Crippen molar-refractivity contribution in [2.45, 2.75) is 12.6 Å². The Kier molecular flexibility index (Phi) is 6.95. The summed E-state index contributed by atoms with van der Waals surface area (Å²) in [4.78, 5) is 2.37. The van der Waals surface area contributed by atoms with Crippen molar-refractivity contribution >= 4 is 0 Å². The van der Waals surface area contributed by atoms with Gasteiger partial charge in [0.15, 0.2) is 0 Å². The molecule has 1 aliphatic rings. The van der Waals surface area contributed by atoms with Gasteiger partial charge in [-0.15, -0.1) is 0 Å². The monoisotopic (exact) mass is 295 g/mol. The van der Waals surface area contributed by atoms with Crippen molar-refractivity contribution in [3.8, 4) is 5.75 Å². The van der Waals surface area contributed by atoms with Crippen LogP contribution in [0.2, 0.25) is 0 Å². The molecule has 1 aromatic carbocycles. The first-order valence-corrected chi connectivity index (χ1v) is 7.35. The summed E-state index contributed by atoms with van der Waals surface area (Å²) in [6.07, 6.45) is 0.112. The molecule has 0 bridgehead atoms. The topological polar surface area (TPSA) is 40.2 Å². The number of ether oxygens (including phenoxy) is 4. The first-order chi connectivity index (χ1) is 10.3. The molecule has 0 N–H and O–H groups in total. The van der Waals surface area contributed by atoms with E-state index in [2.05, 4.69) is 17.0 Å². The molecule has 0 amide bonds. The molecule has 0 spiro atoms. The summed E-state index contributed by atoms with van der Waals surface area (Å²) >= 11 is 0. The molecule has 1 fully saturated rings. The zero-order chi connectivity index (χ0) is 14.9. The van der Waals surface area contributed by atoms with Gasteiger partial charge in [0, 0.05) is 26.7 Å². The Bertz CT molecular complexity index is 396. The molecule has 0 aliphatic carbocycles. The van der Waals surface area contributed by atoms with Gasteiger partial charge in [-0.25, -0.2) is 0 Å². The summed E-state index contributed by atoms with van der Waals surface area (Å²) in [6.45, 7) is 5.35. The second kappa shape index (κ2) is 9.00. The number of hydrogen-bond acceptors (Lipinski definition) is 5. The maximum absolute atomic E-state index is 5.80. The Labute approximate surface area is 126 Å². The summed E-state index contributed by atoms with van der Waals surface area (Å²) in [5.41, 5.74) is 1.27. The highest BCUT2D eigenvalue weighted by molar-refractivity contribution is 5.27. The van der Waals surface area contributed by atoms with Crippen LogP contribution in [0.4, 0.5) is 0 Å². The quantitative estimate of drug-likeness (QED) is 0.714. The molecule has 1 unspecified atom stereocenters. The van der Waals surface area contributed by atoms with E-state index in [9.17, 15) is 0 Å². The van der Waals surface area contributed by atoms with Crippen molar-refractivity contribution in [3.05, 3.63) is 29.8 Å². The minimum atomic E-state index is 0.112. The predicted molar refractivity (Wildman–Crippen MR) is 80.7 cm³/mol. The lowest BCUT2D eigenvalue weighted by Gasteiger charge is -2.23. The third-order valence-corrected chi connectivity index (χ3v) is 3.52. The number of hydrogen-bond donors (Lipinski definition) is 0. The Morgan fingerprint density at radius 3 is 2.71 bits per heavy atom. The number of rotatable bonds is 7. The van der Waals surface area contributed by atoms with Crippen LogP contribution >= 0.6 is 0 Å². The summed E-state index contributed by atoms with van der Waals surface area (Å²) in [5.74, 6) is 0.888. The van der Waals surface area contributed by atoms with Gasteiger partial charge in [-0.2, -0.15) is 0 Å². The normalized spacial score (nSPS) is 20.2. The van der Waals surface area contributed by atoms with Crippen LogP contribution in [0.1, 0.15) is 5.56 Å². The molecular formula is C16H25NO4. The molecular weight excluding hydrogens is 270 g/mol. The van der Waals surface area contributed by atoms with E-state index in [1.54, 1.807) is 14.2 Å². The smallest absolute Gasteiger partial charge is 0.118 e. The molecule has 1 heterocycles. The first kappa shape index (κ1) is 16.2. The lowest BCUT2D eigenvalue weighted by atomic mass is 10.2. The molecule has 1 atom stereocenters. The fraction of sp³-hybridized carbons (Fsp3) is 0.625. The molecule has 0 radical (unpaired) electrons. The van der Waals surface area contributed by atoms with E-state index < -0.39 is 0 Å². The SMILES string of the molecule is COCCOC1COCCN(Cc2ccc(OC)cc2)C1. The highest BCUT2D eigenvalue weighted by atomic mass is 16.5. The Balaban J connectivity index is 1.85. The average Bonchev–Trinajstić information content (AvgIpc) is 2.74. The molecule has 0 saturated carbocycles. The molecule has 1 aromatic rings. The van der Waals surface area contributed by atoms with Gasteiger partial charge < -0.3 is 18.9 Å². The zero-order valence-corrected chi connectivity index (χ0v) is 12.9. The number of nitrogens with zero attached hydrogens (tertiary/aromatic N) is 1. The van der Waals surface area contributed by atoms with E-state index in [0.717, 1.165) is 32.0 Å². The van der Waals surface area contributed by atoms with Gasteiger partial charge in [0.1, 0.15) is 5.75 Å². The fourth-order valence-corrected chi connectivity index (χ4v) is 2.37. The van der Waals surface area contributed by atoms with Crippen LogP contribution in [0.25, 0.3) is 0 Å². The van der Waals surface area contributed by atoms with Crippen molar-refractivity contribution in [1.29, 1.82) is 0 Å². The van der Waals surface area contributed by atoms with Crippen LogP contribution in [0.5, 0.6) is 5.75 Å². The maximum Gasteiger partial charge on any atom is 0.118 e. The maximum atomic E-state index is 5.80. The summed E-state index contributed by atoms with van der Waals surface area (Å²) in [5, 5.41) is 0. The van der Waals surface area contributed by atoms with Crippen LogP contribution in [0.15, 0.2) is 24.3 Å². The van der Waals surface area contributed by atoms with Crippen LogP contribution in [-0.2, 0) is 20.8 Å². The van der Waals surface area contributed by atoms with Crippen molar-refractivity contribution in [2.75, 3.05) is 53.7 Å². The van der Waals surface area contributed by atoms with Crippen LogP contribution < -0.4 is 4.74 Å². The van der Waals surface area contributed by atoms with Crippen molar-refractivity contribution in [1.82, 2.24) is 4.90 Å². The molecule has 5 heteroatoms. The molecule has 21 heavy (non-hydrogen) atoms. The summed E-state index contributed by atoms with van der Waals surface area (Å²) < 4.78 is 21.6. The number of methoxy groups -OCH3 is 2. The summed E-state index contributed by atoms with van der Waals surface area (Å²) in [7, 11) is 3.37. The van der Waals surface area contributed by atoms with Gasteiger partial charge in [-0.3, -0.25) is 4.90 Å². The third kappa shape index (κ3) is 5.63. The van der Waals surface area contributed by atoms with E-state index in [0.29, 0.717) is 19.8 Å². The lowest BCUT2D eigenvalue weighted by Crippen LogP contribution is -2.34. The van der Waals surface area contributed by atoms with Crippen molar-refractivity contribution in [2.24, 2.45) is 0 Å². The fourth-order valence-electron chi connectivity index (χ4n) is 2.37. The van der Waals surface area contributed by atoms with Gasteiger partial charge in [0.2, 0.25) is 0 Å². The second-order valence-corrected chi connectivity index (χ2v) is 5.14. The largest absolute Gasteiger partial charge is 0.497 e. The number of benzene rings is 1. The lowest BCUT2D eigenvalue weighted by molar-refractivity contribution is -0.0250. The van der Waals surface area contributed by atoms with Crippen LogP contribution in [0.3, 0.4) is 0 Å². The molecule has 2 rings (SSSR count). The Morgan fingerprint density at radius 2 is 2.00 bits per heavy atom. The minimum Gasteiger partial charge on any atom is -0.497 e. The van der Waals surface area contributed by atoms with Crippen molar-refractivity contribution in [3.63, 3.8) is 0 Å². The van der Waals surface area contributed by atoms with E-state index in [4.69, 9.17) is 18.9 Å². The second-order valence-electron chi connectivity index (χ2n) is 5.14. The highest BCUT2D eigenvalue weighted by Crippen LogP contribution is 2.14. The van der Waals surface area contributed by atoms with Crippen LogP contribution in [0, 0.1) is 0 Å². The van der Waals surface area contributed by atoms with Crippen molar-refractivity contribution < 1.29 is 18.9 Å². The van der Waals surface area contributed by atoms with Gasteiger partial charge in [-0.1, -0.05) is 12.1 Å². The van der Waals surface area contributed by atoms with Gasteiger partial charge >= 0.3 is 0 Å². The van der Waals surface area contributed by atoms with Gasteiger partial charge in [-0.05, 0) is 17.7 Å². The summed E-state index contributed by atoms with van der Waals surface area (Å²) in [6, 6.07) is 8.20. The molecule has 118 valence electrons. The third-order valence-electron chi connectivity index (χ3n) is 3.52. The Morgan fingerprint density at radius 1 is 1.19 bits per heavy atom. The van der Waals surface area contributed by atoms with E-state index in [-0.39, 0.29) is 6.10 Å². The Hall–Kier alpha value is -1.14. The van der Waals surface area contributed by atoms with E-state index in [1.165, 1.54) is 5.56 Å². The van der Waals surface area contributed by atoms with E-state index in [1.807, 2.05) is 12.1 Å². The molecule has 1 aliphatic heterocycles. The standard InChI is InChI=1S/C16H25NO4/c1-18-9-10-21-16-12-17(7-8-20-13-16)11-14-3-5-15(19-2)6-4-14/h3-6,16H,7-13H2,1-2H3. The minimum absolute atomic E-state index is 0.112. The predicted octanol–water partition coefficient (Wildman–Crippen LogP) is 1.56. The zero-order valence-electron chi connectivity index (χ0n) is 12.9. The van der Waals surface area contributed by atoms with E-state index >= 15 is 0 Å². The van der Waals surface area contributed by atoms with Gasteiger partial charge in [0.25, 0.3) is 0 Å². The average molecular weight is 295 g/mol. The highest BCUT2D eigenvalue weighted by Gasteiger charge is 2.19. The molecule has 0 aromatic heterocycles. The first-order valence-electron chi connectivity index (χ1n) is 7.35. The molecule has 1 saturated heterocycles. The van der Waals surface area contributed by atoms with Gasteiger partial charge in [0.05, 0.1) is 39.6 Å². The van der Waals surface area contributed by atoms with Crippen LogP contribution in [-0.4, -0.2) is 64.7 Å². The molecule has 5 nitrogen and oxygen atoms in total.